The summed E-state index contributed by atoms with van der Waals surface area (Å²) in [7, 11) is 0. The van der Waals surface area contributed by atoms with Crippen LogP contribution in [-0.2, 0) is 9.47 Å². The van der Waals surface area contributed by atoms with Gasteiger partial charge in [-0.05, 0) is 13.8 Å². The van der Waals surface area contributed by atoms with Gasteiger partial charge in [-0.3, -0.25) is 0 Å². The second kappa shape index (κ2) is 6.15. The van der Waals surface area contributed by atoms with Gasteiger partial charge in [-0.15, -0.1) is 0 Å². The Labute approximate surface area is 99.3 Å². The molecule has 1 rings (SSSR count). The first kappa shape index (κ1) is 14.2. The number of hydrogen-bond acceptors (Lipinski definition) is 6. The molecule has 0 aromatic rings. The molecule has 0 aromatic heterocycles. The molecule has 0 aliphatic carbocycles. The van der Waals surface area contributed by atoms with Crippen molar-refractivity contribution in [3.05, 3.63) is 0 Å². The summed E-state index contributed by atoms with van der Waals surface area (Å²) in [6.07, 6.45) is -4.21. The number of nitrogens with one attached hydrogen (secondary N) is 1. The lowest BCUT2D eigenvalue weighted by Crippen LogP contribution is -2.60. The predicted molar refractivity (Wildman–Crippen MR) is 57.4 cm³/mol. The Morgan fingerprint density at radius 3 is 2.65 bits per heavy atom. The third-order valence-electron chi connectivity index (χ3n) is 2.46. The second-order valence-corrected chi connectivity index (χ2v) is 4.24. The average molecular weight is 249 g/mol. The zero-order chi connectivity index (χ0) is 13.0. The van der Waals surface area contributed by atoms with Crippen LogP contribution in [0.15, 0.2) is 0 Å². The zero-order valence-corrected chi connectivity index (χ0v) is 9.87. The van der Waals surface area contributed by atoms with Crippen LogP contribution in [0.3, 0.4) is 0 Å². The quantitative estimate of drug-likeness (QED) is 0.490. The Hall–Kier alpha value is -0.890. The summed E-state index contributed by atoms with van der Waals surface area (Å²) in [6.45, 7) is 3.02. The molecule has 1 amide bonds. The molecule has 4 atom stereocenters. The topological polar surface area (TPSA) is 108 Å². The number of ether oxygens (including phenoxy) is 2. The number of carbonyl (C=O) groups excluding carboxylic acids is 1. The molecule has 1 aliphatic heterocycles. The number of hydrogen-bond donors (Lipinski definition) is 4. The maximum Gasteiger partial charge on any atom is 0.407 e. The van der Waals surface area contributed by atoms with Crippen molar-refractivity contribution in [3.8, 4) is 0 Å². The van der Waals surface area contributed by atoms with Crippen molar-refractivity contribution in [2.45, 2.75) is 44.3 Å². The molecule has 0 saturated carbocycles. The summed E-state index contributed by atoms with van der Waals surface area (Å²) in [6, 6.07) is -0.751. The van der Waals surface area contributed by atoms with Crippen LogP contribution in [0.1, 0.15) is 13.8 Å². The van der Waals surface area contributed by atoms with E-state index in [0.29, 0.717) is 0 Å². The molecular formula is C10H19NO6. The van der Waals surface area contributed by atoms with E-state index in [1.807, 2.05) is 0 Å². The van der Waals surface area contributed by atoms with E-state index in [9.17, 15) is 15.0 Å². The smallest absolute Gasteiger partial charge is 0.407 e. The van der Waals surface area contributed by atoms with Crippen molar-refractivity contribution in [1.29, 1.82) is 0 Å². The van der Waals surface area contributed by atoms with Crippen LogP contribution in [0.5, 0.6) is 0 Å². The van der Waals surface area contributed by atoms with Gasteiger partial charge >= 0.3 is 6.09 Å². The third kappa shape index (κ3) is 3.81. The SMILES string of the molecule is CC(C)OC(=O)NC1CO[C@H](CO)[C@@H](O)[C@@H]1O. The highest BCUT2D eigenvalue weighted by molar-refractivity contribution is 5.67. The Kier molecular flexibility index (Phi) is 5.13. The van der Waals surface area contributed by atoms with Crippen LogP contribution in [0, 0.1) is 0 Å². The standard InChI is InChI=1S/C10H19NO6/c1-5(2)17-10(15)11-6-4-16-7(3-12)9(14)8(6)13/h5-9,12-14H,3-4H2,1-2H3,(H,11,15)/t6?,7-,8-,9-/m1/s1. The molecule has 1 unspecified atom stereocenters. The lowest BCUT2D eigenvalue weighted by Gasteiger charge is -2.36. The molecule has 7 nitrogen and oxygen atoms in total. The van der Waals surface area contributed by atoms with Crippen LogP contribution in [0.4, 0.5) is 4.79 Å². The number of carbonyl (C=O) groups is 1. The van der Waals surface area contributed by atoms with E-state index in [0.717, 1.165) is 0 Å². The highest BCUT2D eigenvalue weighted by atomic mass is 16.6. The molecule has 0 radical (unpaired) electrons. The van der Waals surface area contributed by atoms with Crippen LogP contribution >= 0.6 is 0 Å². The maximum atomic E-state index is 11.3. The molecule has 7 heteroatoms. The van der Waals surface area contributed by atoms with Crippen molar-refractivity contribution < 1.29 is 29.6 Å². The van der Waals surface area contributed by atoms with Crippen molar-refractivity contribution in [1.82, 2.24) is 5.32 Å². The normalized spacial score (nSPS) is 33.5. The van der Waals surface area contributed by atoms with Gasteiger partial charge in [0.1, 0.15) is 18.3 Å². The summed E-state index contributed by atoms with van der Waals surface area (Å²) < 4.78 is 9.94. The minimum absolute atomic E-state index is 0.0106. The molecular weight excluding hydrogens is 230 g/mol. The van der Waals surface area contributed by atoms with Crippen LogP contribution in [0.2, 0.25) is 0 Å². The van der Waals surface area contributed by atoms with Gasteiger partial charge in [0.25, 0.3) is 0 Å². The average Bonchev–Trinajstić information content (AvgIpc) is 2.24. The minimum Gasteiger partial charge on any atom is -0.447 e. The second-order valence-electron chi connectivity index (χ2n) is 4.24. The van der Waals surface area contributed by atoms with Gasteiger partial charge in [-0.25, -0.2) is 4.79 Å². The molecule has 1 fully saturated rings. The molecule has 1 heterocycles. The van der Waals surface area contributed by atoms with Crippen molar-refractivity contribution >= 4 is 6.09 Å². The third-order valence-corrected chi connectivity index (χ3v) is 2.46. The van der Waals surface area contributed by atoms with Crippen molar-refractivity contribution in [2.24, 2.45) is 0 Å². The first-order valence-corrected chi connectivity index (χ1v) is 5.51. The number of rotatable bonds is 3. The number of alkyl carbamates (subject to hydrolysis) is 1. The largest absolute Gasteiger partial charge is 0.447 e. The number of aliphatic hydroxyl groups excluding tert-OH is 3. The van der Waals surface area contributed by atoms with E-state index >= 15 is 0 Å². The molecule has 0 spiro atoms. The minimum atomic E-state index is -1.24. The fourth-order valence-electron chi connectivity index (χ4n) is 1.57. The molecule has 1 saturated heterocycles. The van der Waals surface area contributed by atoms with E-state index in [1.54, 1.807) is 13.8 Å². The fraction of sp³-hybridized carbons (Fsp3) is 0.900. The maximum absolute atomic E-state index is 11.3. The van der Waals surface area contributed by atoms with Crippen LogP contribution in [-0.4, -0.2) is 65.1 Å². The predicted octanol–water partition coefficient (Wildman–Crippen LogP) is -1.40. The van der Waals surface area contributed by atoms with Gasteiger partial charge in [0.15, 0.2) is 0 Å². The molecule has 100 valence electrons. The Balaban J connectivity index is 2.48. The highest BCUT2D eigenvalue weighted by Gasteiger charge is 2.38. The van der Waals surface area contributed by atoms with Crippen molar-refractivity contribution in [3.63, 3.8) is 0 Å². The highest BCUT2D eigenvalue weighted by Crippen LogP contribution is 2.15. The summed E-state index contributed by atoms with van der Waals surface area (Å²) in [5, 5.41) is 30.5. The van der Waals surface area contributed by atoms with Gasteiger partial charge in [0, 0.05) is 0 Å². The number of amides is 1. The van der Waals surface area contributed by atoms with E-state index < -0.39 is 30.4 Å². The Morgan fingerprint density at radius 1 is 1.47 bits per heavy atom. The first-order chi connectivity index (χ1) is 7.95. The van der Waals surface area contributed by atoms with E-state index in [4.69, 9.17) is 14.6 Å². The summed E-state index contributed by atoms with van der Waals surface area (Å²) in [5.41, 5.74) is 0. The summed E-state index contributed by atoms with van der Waals surface area (Å²) in [4.78, 5) is 11.3. The lowest BCUT2D eigenvalue weighted by molar-refractivity contribution is -0.160. The molecule has 1 aliphatic rings. The Morgan fingerprint density at radius 2 is 2.12 bits per heavy atom. The monoisotopic (exact) mass is 249 g/mol. The molecule has 0 aromatic carbocycles. The molecule has 0 bridgehead atoms. The van der Waals surface area contributed by atoms with Gasteiger partial charge in [-0.1, -0.05) is 0 Å². The first-order valence-electron chi connectivity index (χ1n) is 5.51. The summed E-state index contributed by atoms with van der Waals surface area (Å²) >= 11 is 0. The molecule has 4 N–H and O–H groups in total. The van der Waals surface area contributed by atoms with Gasteiger partial charge in [0.2, 0.25) is 0 Å². The van der Waals surface area contributed by atoms with Crippen LogP contribution < -0.4 is 5.32 Å². The van der Waals surface area contributed by atoms with Gasteiger partial charge in [0.05, 0.1) is 25.4 Å². The fourth-order valence-corrected chi connectivity index (χ4v) is 1.57. The lowest BCUT2D eigenvalue weighted by atomic mass is 9.99. The van der Waals surface area contributed by atoms with E-state index in [-0.39, 0.29) is 19.3 Å². The van der Waals surface area contributed by atoms with E-state index in [2.05, 4.69) is 5.32 Å². The summed E-state index contributed by atoms with van der Waals surface area (Å²) in [5.74, 6) is 0. The van der Waals surface area contributed by atoms with E-state index in [1.165, 1.54) is 0 Å². The number of aliphatic hydroxyl groups is 3. The zero-order valence-electron chi connectivity index (χ0n) is 9.87. The Bertz CT molecular complexity index is 259. The van der Waals surface area contributed by atoms with Crippen molar-refractivity contribution in [2.75, 3.05) is 13.2 Å². The van der Waals surface area contributed by atoms with Gasteiger partial charge in [-0.2, -0.15) is 0 Å². The van der Waals surface area contributed by atoms with Gasteiger partial charge < -0.3 is 30.1 Å². The molecule has 17 heavy (non-hydrogen) atoms. The van der Waals surface area contributed by atoms with Crippen LogP contribution in [0.25, 0.3) is 0 Å².